The predicted octanol–water partition coefficient (Wildman–Crippen LogP) is 4.18. The highest BCUT2D eigenvalue weighted by molar-refractivity contribution is 6.06. The van der Waals surface area contributed by atoms with E-state index in [9.17, 15) is 14.9 Å². The minimum Gasteiger partial charge on any atom is -0.467 e. The second kappa shape index (κ2) is 9.01. The fourth-order valence-corrected chi connectivity index (χ4v) is 3.59. The summed E-state index contributed by atoms with van der Waals surface area (Å²) < 4.78 is 10.8. The number of carbonyl (C=O) groups is 1. The average Bonchev–Trinajstić information content (AvgIpc) is 3.31. The largest absolute Gasteiger partial charge is 0.467 e. The van der Waals surface area contributed by atoms with Gasteiger partial charge >= 0.3 is 0 Å². The highest BCUT2D eigenvalue weighted by atomic mass is 16.6. The van der Waals surface area contributed by atoms with Gasteiger partial charge in [-0.1, -0.05) is 17.7 Å². The molecule has 2 heterocycles. The van der Waals surface area contributed by atoms with Crippen LogP contribution < -0.4 is 9.80 Å². The Labute approximate surface area is 179 Å². The minimum atomic E-state index is -0.440. The molecule has 0 saturated carbocycles. The van der Waals surface area contributed by atoms with Crippen LogP contribution in [-0.4, -0.2) is 37.1 Å². The topological polar surface area (TPSA) is 89.1 Å². The first-order valence-electron chi connectivity index (χ1n) is 10.0. The summed E-state index contributed by atoms with van der Waals surface area (Å²) in [4.78, 5) is 28.3. The Morgan fingerprint density at radius 3 is 2.52 bits per heavy atom. The molecule has 8 heteroatoms. The van der Waals surface area contributed by atoms with Crippen molar-refractivity contribution in [2.45, 2.75) is 13.5 Å². The highest BCUT2D eigenvalue weighted by Gasteiger charge is 2.26. The summed E-state index contributed by atoms with van der Waals surface area (Å²) in [6.07, 6.45) is 1.55. The van der Waals surface area contributed by atoms with Crippen molar-refractivity contribution in [3.63, 3.8) is 0 Å². The second-order valence-electron chi connectivity index (χ2n) is 7.37. The van der Waals surface area contributed by atoms with Gasteiger partial charge < -0.3 is 19.0 Å². The number of furan rings is 1. The number of aryl methyl sites for hydroxylation is 1. The predicted molar refractivity (Wildman–Crippen MR) is 117 cm³/mol. The first kappa shape index (κ1) is 20.6. The fourth-order valence-electron chi connectivity index (χ4n) is 3.59. The summed E-state index contributed by atoms with van der Waals surface area (Å²) in [5, 5.41) is 11.8. The summed E-state index contributed by atoms with van der Waals surface area (Å²) in [5.41, 5.74) is 2.41. The summed E-state index contributed by atoms with van der Waals surface area (Å²) in [6, 6.07) is 15.7. The molecular weight excluding hydrogens is 398 g/mol. The average molecular weight is 421 g/mol. The molecule has 8 nitrogen and oxygen atoms in total. The SMILES string of the molecule is Cc1ccc(N(Cc2ccco2)C(=O)c2ccc(N3CCOCC3)c([N+](=O)[O-])c2)cc1. The van der Waals surface area contributed by atoms with E-state index in [1.807, 2.05) is 36.1 Å². The molecule has 1 aromatic heterocycles. The first-order chi connectivity index (χ1) is 15.0. The summed E-state index contributed by atoms with van der Waals surface area (Å²) in [7, 11) is 0. The fraction of sp³-hybridized carbons (Fsp3) is 0.261. The van der Waals surface area contributed by atoms with E-state index in [1.54, 1.807) is 35.4 Å². The second-order valence-corrected chi connectivity index (χ2v) is 7.37. The molecule has 1 amide bonds. The van der Waals surface area contributed by atoms with Crippen molar-refractivity contribution in [2.75, 3.05) is 36.1 Å². The van der Waals surface area contributed by atoms with Crippen molar-refractivity contribution in [1.29, 1.82) is 0 Å². The van der Waals surface area contributed by atoms with Crippen LogP contribution in [0.15, 0.2) is 65.3 Å². The lowest BCUT2D eigenvalue weighted by atomic mass is 10.1. The molecule has 0 spiro atoms. The summed E-state index contributed by atoms with van der Waals surface area (Å²) >= 11 is 0. The Morgan fingerprint density at radius 1 is 1.13 bits per heavy atom. The number of rotatable bonds is 6. The number of carbonyl (C=O) groups excluding carboxylic acids is 1. The maximum Gasteiger partial charge on any atom is 0.293 e. The van der Waals surface area contributed by atoms with Gasteiger partial charge in [-0.2, -0.15) is 0 Å². The number of ether oxygens (including phenoxy) is 1. The van der Waals surface area contributed by atoms with Crippen molar-refractivity contribution < 1.29 is 18.9 Å². The van der Waals surface area contributed by atoms with Gasteiger partial charge in [0.15, 0.2) is 0 Å². The molecule has 31 heavy (non-hydrogen) atoms. The molecule has 1 saturated heterocycles. The van der Waals surface area contributed by atoms with E-state index < -0.39 is 4.92 Å². The van der Waals surface area contributed by atoms with Gasteiger partial charge in [-0.15, -0.1) is 0 Å². The Morgan fingerprint density at radius 2 is 1.87 bits per heavy atom. The number of nitro benzene ring substituents is 1. The molecule has 3 aromatic rings. The molecule has 0 unspecified atom stereocenters. The molecule has 1 fully saturated rings. The molecule has 1 aliphatic heterocycles. The summed E-state index contributed by atoms with van der Waals surface area (Å²) in [6.45, 7) is 4.36. The normalized spacial score (nSPS) is 13.8. The number of nitrogens with zero attached hydrogens (tertiary/aromatic N) is 3. The molecule has 2 aromatic carbocycles. The minimum absolute atomic E-state index is 0.0883. The Balaban J connectivity index is 1.69. The van der Waals surface area contributed by atoms with Crippen molar-refractivity contribution in [3.05, 3.63) is 87.9 Å². The van der Waals surface area contributed by atoms with E-state index in [1.165, 1.54) is 6.07 Å². The quantitative estimate of drug-likeness (QED) is 0.438. The molecule has 4 rings (SSSR count). The van der Waals surface area contributed by atoms with Crippen LogP contribution in [0.2, 0.25) is 0 Å². The van der Waals surface area contributed by atoms with Gasteiger partial charge in [0.2, 0.25) is 0 Å². The van der Waals surface area contributed by atoms with Gasteiger partial charge in [0.25, 0.3) is 11.6 Å². The Kier molecular flexibility index (Phi) is 5.99. The van der Waals surface area contributed by atoms with Crippen LogP contribution in [0.3, 0.4) is 0 Å². The molecule has 0 atom stereocenters. The number of benzene rings is 2. The van der Waals surface area contributed by atoms with Gasteiger partial charge in [-0.25, -0.2) is 0 Å². The van der Waals surface area contributed by atoms with Gasteiger partial charge in [0, 0.05) is 30.4 Å². The van der Waals surface area contributed by atoms with E-state index in [0.29, 0.717) is 43.4 Å². The Hall–Kier alpha value is -3.65. The lowest BCUT2D eigenvalue weighted by Crippen LogP contribution is -2.36. The van der Waals surface area contributed by atoms with Crippen LogP contribution in [0.4, 0.5) is 17.1 Å². The number of nitro groups is 1. The first-order valence-corrected chi connectivity index (χ1v) is 10.0. The van der Waals surface area contributed by atoms with Gasteiger partial charge in [0.1, 0.15) is 11.4 Å². The van der Waals surface area contributed by atoms with E-state index >= 15 is 0 Å². The standard InChI is InChI=1S/C23H23N3O5/c1-17-4-7-19(8-5-17)25(16-20-3-2-12-31-20)23(27)18-6-9-21(22(15-18)26(28)29)24-10-13-30-14-11-24/h2-9,12,15H,10-11,13-14,16H2,1H3. The zero-order valence-electron chi connectivity index (χ0n) is 17.2. The maximum atomic E-state index is 13.4. The van der Waals surface area contributed by atoms with Crippen molar-refractivity contribution >= 4 is 23.0 Å². The van der Waals surface area contributed by atoms with E-state index in [-0.39, 0.29) is 23.7 Å². The van der Waals surface area contributed by atoms with Gasteiger partial charge in [0.05, 0.1) is 30.9 Å². The van der Waals surface area contributed by atoms with Crippen LogP contribution >= 0.6 is 0 Å². The molecular formula is C23H23N3O5. The van der Waals surface area contributed by atoms with E-state index in [2.05, 4.69) is 0 Å². The highest BCUT2D eigenvalue weighted by Crippen LogP contribution is 2.31. The van der Waals surface area contributed by atoms with E-state index in [4.69, 9.17) is 9.15 Å². The number of hydrogen-bond acceptors (Lipinski definition) is 6. The maximum absolute atomic E-state index is 13.4. The molecule has 0 radical (unpaired) electrons. The van der Waals surface area contributed by atoms with E-state index in [0.717, 1.165) is 5.56 Å². The lowest BCUT2D eigenvalue weighted by Gasteiger charge is -2.28. The van der Waals surface area contributed by atoms with Crippen LogP contribution in [0.25, 0.3) is 0 Å². The van der Waals surface area contributed by atoms with Crippen LogP contribution in [0.1, 0.15) is 21.7 Å². The van der Waals surface area contributed by atoms with Crippen LogP contribution in [-0.2, 0) is 11.3 Å². The number of hydrogen-bond donors (Lipinski definition) is 0. The van der Waals surface area contributed by atoms with Gasteiger partial charge in [-0.05, 0) is 43.3 Å². The third-order valence-corrected chi connectivity index (χ3v) is 5.26. The molecule has 0 bridgehead atoms. The number of morpholine rings is 1. The van der Waals surface area contributed by atoms with Crippen molar-refractivity contribution in [2.24, 2.45) is 0 Å². The molecule has 160 valence electrons. The zero-order valence-corrected chi connectivity index (χ0v) is 17.2. The van der Waals surface area contributed by atoms with Gasteiger partial charge in [-0.3, -0.25) is 14.9 Å². The number of amides is 1. The monoisotopic (exact) mass is 421 g/mol. The van der Waals surface area contributed by atoms with Crippen molar-refractivity contribution in [3.8, 4) is 0 Å². The lowest BCUT2D eigenvalue weighted by molar-refractivity contribution is -0.384. The molecule has 0 aliphatic carbocycles. The Bertz CT molecular complexity index is 1060. The smallest absolute Gasteiger partial charge is 0.293 e. The molecule has 1 aliphatic rings. The third-order valence-electron chi connectivity index (χ3n) is 5.26. The zero-order chi connectivity index (χ0) is 21.8. The van der Waals surface area contributed by atoms with Crippen LogP contribution in [0.5, 0.6) is 0 Å². The van der Waals surface area contributed by atoms with Crippen molar-refractivity contribution in [1.82, 2.24) is 0 Å². The van der Waals surface area contributed by atoms with Crippen LogP contribution in [0, 0.1) is 17.0 Å². The molecule has 0 N–H and O–H groups in total. The number of anilines is 2. The third kappa shape index (κ3) is 4.59. The summed E-state index contributed by atoms with van der Waals surface area (Å²) in [5.74, 6) is 0.283.